The zero-order chi connectivity index (χ0) is 23.9. The SMILES string of the molecule is COc1ccc(N2CCCN(C(=O)CN3C(=O)c4ccccc4N4C(=O)CCC34C)CC2)cc1. The maximum absolute atomic E-state index is 13.4. The van der Waals surface area contributed by atoms with Crippen molar-refractivity contribution in [2.75, 3.05) is 49.6 Å². The topological polar surface area (TPSA) is 73.4 Å². The van der Waals surface area contributed by atoms with E-state index in [9.17, 15) is 14.4 Å². The molecule has 0 aliphatic carbocycles. The Kier molecular flexibility index (Phi) is 5.67. The maximum atomic E-state index is 13.4. The number of carbonyl (C=O) groups is 3. The number of carbonyl (C=O) groups excluding carboxylic acids is 3. The molecule has 34 heavy (non-hydrogen) atoms. The van der Waals surface area contributed by atoms with Crippen molar-refractivity contribution in [2.24, 2.45) is 0 Å². The van der Waals surface area contributed by atoms with Crippen LogP contribution in [0.5, 0.6) is 5.75 Å². The van der Waals surface area contributed by atoms with E-state index < -0.39 is 5.66 Å². The Bertz CT molecular complexity index is 1120. The Morgan fingerprint density at radius 1 is 1.00 bits per heavy atom. The minimum Gasteiger partial charge on any atom is -0.497 e. The van der Waals surface area contributed by atoms with Crippen LogP contribution < -0.4 is 14.5 Å². The van der Waals surface area contributed by atoms with Crippen molar-refractivity contribution in [1.29, 1.82) is 0 Å². The van der Waals surface area contributed by atoms with Crippen LogP contribution in [0.3, 0.4) is 0 Å². The van der Waals surface area contributed by atoms with E-state index in [-0.39, 0.29) is 24.3 Å². The number of fused-ring (bicyclic) bond motifs is 3. The predicted octanol–water partition coefficient (Wildman–Crippen LogP) is 2.73. The second-order valence-electron chi connectivity index (χ2n) is 9.27. The average Bonchev–Trinajstić information content (AvgIpc) is 3.02. The first-order valence-electron chi connectivity index (χ1n) is 11.8. The molecule has 2 saturated heterocycles. The van der Waals surface area contributed by atoms with Gasteiger partial charge in [0, 0.05) is 38.3 Å². The minimum atomic E-state index is -0.820. The number of ether oxygens (including phenoxy) is 1. The molecule has 2 aromatic carbocycles. The second-order valence-corrected chi connectivity index (χ2v) is 9.27. The van der Waals surface area contributed by atoms with Crippen molar-refractivity contribution in [3.05, 3.63) is 54.1 Å². The first kappa shape index (κ1) is 22.3. The number of hydrogen-bond acceptors (Lipinski definition) is 5. The summed E-state index contributed by atoms with van der Waals surface area (Å²) in [5, 5.41) is 0. The molecule has 3 amide bonds. The van der Waals surface area contributed by atoms with Gasteiger partial charge in [-0.25, -0.2) is 0 Å². The van der Waals surface area contributed by atoms with E-state index >= 15 is 0 Å². The van der Waals surface area contributed by atoms with Crippen LogP contribution in [0, 0.1) is 0 Å². The quantitative estimate of drug-likeness (QED) is 0.699. The lowest BCUT2D eigenvalue weighted by Gasteiger charge is -2.48. The summed E-state index contributed by atoms with van der Waals surface area (Å²) in [5.41, 5.74) is 1.40. The fraction of sp³-hybridized carbons (Fsp3) is 0.423. The monoisotopic (exact) mass is 462 g/mol. The van der Waals surface area contributed by atoms with Gasteiger partial charge in [0.2, 0.25) is 11.8 Å². The molecule has 8 heteroatoms. The first-order chi connectivity index (χ1) is 16.4. The Morgan fingerprint density at radius 2 is 1.76 bits per heavy atom. The van der Waals surface area contributed by atoms with Crippen LogP contribution in [0.4, 0.5) is 11.4 Å². The van der Waals surface area contributed by atoms with Gasteiger partial charge in [0.05, 0.1) is 18.4 Å². The van der Waals surface area contributed by atoms with Gasteiger partial charge in [-0.3, -0.25) is 19.3 Å². The minimum absolute atomic E-state index is 0.00944. The van der Waals surface area contributed by atoms with E-state index in [4.69, 9.17) is 4.74 Å². The molecule has 1 atom stereocenters. The molecule has 3 heterocycles. The molecule has 3 aliphatic rings. The number of nitrogens with zero attached hydrogens (tertiary/aromatic N) is 4. The van der Waals surface area contributed by atoms with Gasteiger partial charge < -0.3 is 19.4 Å². The van der Waals surface area contributed by atoms with Crippen LogP contribution in [0.1, 0.15) is 36.5 Å². The lowest BCUT2D eigenvalue weighted by atomic mass is 9.98. The predicted molar refractivity (Wildman–Crippen MR) is 129 cm³/mol. The van der Waals surface area contributed by atoms with Crippen LogP contribution in [0.2, 0.25) is 0 Å². The standard InChI is InChI=1S/C26H30N4O4/c1-26-13-12-23(31)30(26)22-7-4-3-6-21(22)25(33)29(26)18-24(32)28-15-5-14-27(16-17-28)19-8-10-20(34-2)11-9-19/h3-4,6-11H,5,12-18H2,1-2H3. The molecule has 8 nitrogen and oxygen atoms in total. The van der Waals surface area contributed by atoms with Gasteiger partial charge in [0.15, 0.2) is 0 Å². The van der Waals surface area contributed by atoms with Crippen LogP contribution in [-0.2, 0) is 9.59 Å². The largest absolute Gasteiger partial charge is 0.497 e. The van der Waals surface area contributed by atoms with Gasteiger partial charge in [-0.1, -0.05) is 12.1 Å². The Labute approximate surface area is 199 Å². The van der Waals surface area contributed by atoms with Crippen LogP contribution in [0.15, 0.2) is 48.5 Å². The molecule has 0 saturated carbocycles. The molecular weight excluding hydrogens is 432 g/mol. The van der Waals surface area contributed by atoms with E-state index in [1.807, 2.05) is 48.2 Å². The molecule has 2 aromatic rings. The number of benzene rings is 2. The highest BCUT2D eigenvalue weighted by atomic mass is 16.5. The molecular formula is C26H30N4O4. The summed E-state index contributed by atoms with van der Waals surface area (Å²) in [5.74, 6) is 0.540. The van der Waals surface area contributed by atoms with Crippen LogP contribution in [-0.4, -0.2) is 73.0 Å². The van der Waals surface area contributed by atoms with Crippen molar-refractivity contribution in [3.8, 4) is 5.75 Å². The van der Waals surface area contributed by atoms with Crippen LogP contribution in [0.25, 0.3) is 0 Å². The molecule has 0 radical (unpaired) electrons. The van der Waals surface area contributed by atoms with Gasteiger partial charge in [-0.05, 0) is 56.2 Å². The van der Waals surface area contributed by atoms with Crippen molar-refractivity contribution >= 4 is 29.1 Å². The summed E-state index contributed by atoms with van der Waals surface area (Å²) in [4.78, 5) is 47.0. The van der Waals surface area contributed by atoms with E-state index in [1.54, 1.807) is 29.0 Å². The van der Waals surface area contributed by atoms with Crippen LogP contribution >= 0.6 is 0 Å². The van der Waals surface area contributed by atoms with Crippen molar-refractivity contribution < 1.29 is 19.1 Å². The number of rotatable bonds is 4. The summed E-state index contributed by atoms with van der Waals surface area (Å²) < 4.78 is 5.25. The number of methoxy groups -OCH3 is 1. The van der Waals surface area contributed by atoms with E-state index in [0.29, 0.717) is 37.2 Å². The average molecular weight is 463 g/mol. The van der Waals surface area contributed by atoms with Gasteiger partial charge in [-0.15, -0.1) is 0 Å². The third-order valence-electron chi connectivity index (χ3n) is 7.33. The fourth-order valence-electron chi connectivity index (χ4n) is 5.39. The molecule has 0 bridgehead atoms. The molecule has 0 spiro atoms. The molecule has 1 unspecified atom stereocenters. The summed E-state index contributed by atoms with van der Waals surface area (Å²) >= 11 is 0. The lowest BCUT2D eigenvalue weighted by molar-refractivity contribution is -0.133. The zero-order valence-corrected chi connectivity index (χ0v) is 19.7. The van der Waals surface area contributed by atoms with Gasteiger partial charge in [0.1, 0.15) is 18.0 Å². The highest BCUT2D eigenvalue weighted by molar-refractivity contribution is 6.11. The van der Waals surface area contributed by atoms with Gasteiger partial charge in [0.25, 0.3) is 5.91 Å². The molecule has 178 valence electrons. The second kappa shape index (κ2) is 8.66. The fourth-order valence-corrected chi connectivity index (χ4v) is 5.39. The molecule has 3 aliphatic heterocycles. The molecule has 2 fully saturated rings. The Balaban J connectivity index is 1.32. The first-order valence-corrected chi connectivity index (χ1v) is 11.8. The van der Waals surface area contributed by atoms with Crippen molar-refractivity contribution in [3.63, 3.8) is 0 Å². The highest BCUT2D eigenvalue weighted by Gasteiger charge is 2.53. The number of amides is 3. The third-order valence-corrected chi connectivity index (χ3v) is 7.33. The highest BCUT2D eigenvalue weighted by Crippen LogP contribution is 2.43. The smallest absolute Gasteiger partial charge is 0.258 e. The molecule has 0 aromatic heterocycles. The maximum Gasteiger partial charge on any atom is 0.258 e. The zero-order valence-electron chi connectivity index (χ0n) is 19.7. The number of para-hydroxylation sites is 1. The number of hydrogen-bond donors (Lipinski definition) is 0. The van der Waals surface area contributed by atoms with Gasteiger partial charge >= 0.3 is 0 Å². The van der Waals surface area contributed by atoms with E-state index in [0.717, 1.165) is 30.9 Å². The summed E-state index contributed by atoms with van der Waals surface area (Å²) in [6.07, 6.45) is 1.73. The Hall–Kier alpha value is -3.55. The lowest BCUT2D eigenvalue weighted by Crippen LogP contribution is -2.64. The third kappa shape index (κ3) is 3.67. The summed E-state index contributed by atoms with van der Waals surface area (Å²) in [7, 11) is 1.65. The number of anilines is 2. The Morgan fingerprint density at radius 3 is 2.53 bits per heavy atom. The van der Waals surface area contributed by atoms with Crippen molar-refractivity contribution in [1.82, 2.24) is 9.80 Å². The normalized spacial score (nSPS) is 22.4. The molecule has 0 N–H and O–H groups in total. The summed E-state index contributed by atoms with van der Waals surface area (Å²) in [6, 6.07) is 15.1. The van der Waals surface area contributed by atoms with Gasteiger partial charge in [-0.2, -0.15) is 0 Å². The van der Waals surface area contributed by atoms with E-state index in [1.165, 1.54) is 0 Å². The molecule has 5 rings (SSSR count). The summed E-state index contributed by atoms with van der Waals surface area (Å²) in [6.45, 7) is 4.66. The van der Waals surface area contributed by atoms with Crippen molar-refractivity contribution in [2.45, 2.75) is 31.8 Å². The van der Waals surface area contributed by atoms with E-state index in [2.05, 4.69) is 4.90 Å².